The molecule has 0 aliphatic carbocycles. The van der Waals surface area contributed by atoms with Crippen molar-refractivity contribution in [3.63, 3.8) is 0 Å². The van der Waals surface area contributed by atoms with Crippen molar-refractivity contribution in [3.05, 3.63) is 97.2 Å². The number of carbonyl (C=O) groups is 1. The first-order valence-corrected chi connectivity index (χ1v) is 26.8. The van der Waals surface area contributed by atoms with Gasteiger partial charge in [0.2, 0.25) is 0 Å². The predicted octanol–water partition coefficient (Wildman–Crippen LogP) is 18.4. The number of esters is 1. The molecule has 0 radical (unpaired) electrons. The van der Waals surface area contributed by atoms with Crippen LogP contribution in [0.1, 0.15) is 245 Å². The molecular weight excluding hydrogens is 773 g/mol. The first-order valence-electron chi connectivity index (χ1n) is 26.8. The van der Waals surface area contributed by atoms with Crippen LogP contribution in [0.4, 0.5) is 0 Å². The molecule has 0 aromatic heterocycles. The molecule has 0 spiro atoms. The summed E-state index contributed by atoms with van der Waals surface area (Å²) in [7, 11) is 0. The van der Waals surface area contributed by atoms with Crippen molar-refractivity contribution in [2.75, 3.05) is 13.2 Å². The first-order chi connectivity index (χ1) is 31.2. The summed E-state index contributed by atoms with van der Waals surface area (Å²) in [5, 5.41) is 10.3. The maximum atomic E-state index is 12.9. The Morgan fingerprint density at radius 3 is 1.08 bits per heavy atom. The molecule has 0 rings (SSSR count). The summed E-state index contributed by atoms with van der Waals surface area (Å²) in [5.74, 6) is -0.240. The largest absolute Gasteiger partial charge is 0.457 e. The molecule has 2 atom stereocenters. The molecule has 0 bridgehead atoms. The van der Waals surface area contributed by atoms with Crippen LogP contribution in [-0.4, -0.2) is 36.5 Å². The first kappa shape index (κ1) is 60.3. The molecule has 0 aliphatic rings. The highest BCUT2D eigenvalue weighted by molar-refractivity contribution is 5.69. The minimum absolute atomic E-state index is 0.205. The monoisotopic (exact) mass is 875 g/mol. The van der Waals surface area contributed by atoms with Crippen molar-refractivity contribution < 1.29 is 19.4 Å². The maximum Gasteiger partial charge on any atom is 0.306 e. The normalized spacial score (nSPS) is 13.7. The van der Waals surface area contributed by atoms with Gasteiger partial charge in [0.1, 0.15) is 0 Å². The average Bonchev–Trinajstić information content (AvgIpc) is 3.29. The van der Waals surface area contributed by atoms with Crippen LogP contribution in [0.5, 0.6) is 0 Å². The molecule has 1 unspecified atom stereocenters. The van der Waals surface area contributed by atoms with Gasteiger partial charge in [-0.05, 0) is 103 Å². The number of hydrogen-bond donors (Lipinski definition) is 1. The van der Waals surface area contributed by atoms with Gasteiger partial charge in [-0.1, -0.05) is 234 Å². The second kappa shape index (κ2) is 53.6. The zero-order chi connectivity index (χ0) is 45.6. The summed E-state index contributed by atoms with van der Waals surface area (Å²) in [6.07, 6.45) is 75.4. The second-order valence-electron chi connectivity index (χ2n) is 17.6. The van der Waals surface area contributed by atoms with Crippen LogP contribution < -0.4 is 0 Å². The second-order valence-corrected chi connectivity index (χ2v) is 17.6. The van der Waals surface area contributed by atoms with E-state index >= 15 is 0 Å². The fourth-order valence-corrected chi connectivity index (χ4v) is 7.46. The number of ether oxygens (including phenoxy) is 2. The Labute approximate surface area is 392 Å². The van der Waals surface area contributed by atoms with Crippen molar-refractivity contribution in [3.8, 4) is 0 Å². The van der Waals surface area contributed by atoms with Gasteiger partial charge < -0.3 is 14.6 Å². The van der Waals surface area contributed by atoms with E-state index in [2.05, 4.69) is 118 Å². The number of aliphatic hydroxyl groups is 1. The molecule has 4 nitrogen and oxygen atoms in total. The van der Waals surface area contributed by atoms with Gasteiger partial charge in [-0.25, -0.2) is 0 Å². The van der Waals surface area contributed by atoms with E-state index in [0.717, 1.165) is 89.9 Å². The summed E-state index contributed by atoms with van der Waals surface area (Å²) in [5.41, 5.74) is 0. The van der Waals surface area contributed by atoms with E-state index in [4.69, 9.17) is 9.47 Å². The lowest BCUT2D eigenvalue weighted by molar-refractivity contribution is -0.162. The molecule has 362 valence electrons. The Morgan fingerprint density at radius 2 is 0.698 bits per heavy atom. The van der Waals surface area contributed by atoms with Crippen LogP contribution in [0.2, 0.25) is 0 Å². The standard InChI is InChI=1S/C59H102O4/c1-4-7-10-13-16-19-22-25-28-30-32-33-35-38-41-44-47-50-53-57(62-55-52-49-46-43-40-37-27-24-21-18-15-12-9-6-3)58(56-60)63-59(61)54-51-48-45-42-39-36-34-31-29-26-23-20-17-14-11-8-5-2/h16-17,19-20,25-26,28-29,32-34,36,38,41-42,45,57-58,60H,4-15,18,21-24,27,30-31,35,37,39-40,43-44,46-56H2,1-3H3/b19-16-,20-17-,28-25-,29-26-,33-32-,36-34-,41-38-,45-42-/t57?,58-/m0/s1. The molecule has 4 heteroatoms. The third kappa shape index (κ3) is 48.6. The molecule has 1 N–H and O–H groups in total. The summed E-state index contributed by atoms with van der Waals surface area (Å²) in [6.45, 7) is 7.23. The SMILES string of the molecule is CCCCC/C=C\C/C=C\C/C=C\C/C=C\CCCCC(OCCCCCCCCCCCCCCCC)[C@H](CO)OC(=O)CCC/C=C\C/C=C\C/C=C\C/C=C\CCCCC. The fourth-order valence-electron chi connectivity index (χ4n) is 7.46. The molecule has 0 amide bonds. The highest BCUT2D eigenvalue weighted by atomic mass is 16.6. The topological polar surface area (TPSA) is 55.8 Å². The van der Waals surface area contributed by atoms with Crippen molar-refractivity contribution in [1.82, 2.24) is 0 Å². The molecule has 63 heavy (non-hydrogen) atoms. The van der Waals surface area contributed by atoms with E-state index in [1.54, 1.807) is 0 Å². The minimum atomic E-state index is -0.614. The van der Waals surface area contributed by atoms with E-state index in [0.29, 0.717) is 13.0 Å². The predicted molar refractivity (Wildman–Crippen MR) is 278 cm³/mol. The van der Waals surface area contributed by atoms with Crippen molar-refractivity contribution >= 4 is 5.97 Å². The van der Waals surface area contributed by atoms with Gasteiger partial charge in [0.15, 0.2) is 6.10 Å². The number of aliphatic hydroxyl groups excluding tert-OH is 1. The Morgan fingerprint density at radius 1 is 0.381 bits per heavy atom. The number of rotatable bonds is 48. The van der Waals surface area contributed by atoms with Crippen molar-refractivity contribution in [1.29, 1.82) is 0 Å². The Balaban J connectivity index is 4.59. The van der Waals surface area contributed by atoms with Crippen molar-refractivity contribution in [2.24, 2.45) is 0 Å². The lowest BCUT2D eigenvalue weighted by atomic mass is 10.0. The Bertz CT molecular complexity index is 1170. The number of allylic oxidation sites excluding steroid dienone is 16. The molecule has 0 aromatic rings. The molecule has 0 fully saturated rings. The van der Waals surface area contributed by atoms with Gasteiger partial charge in [0.05, 0.1) is 12.7 Å². The van der Waals surface area contributed by atoms with E-state index in [1.807, 2.05) is 0 Å². The van der Waals surface area contributed by atoms with Crippen LogP contribution in [0.25, 0.3) is 0 Å². The van der Waals surface area contributed by atoms with Crippen LogP contribution >= 0.6 is 0 Å². The highest BCUT2D eigenvalue weighted by Crippen LogP contribution is 2.18. The number of hydrogen-bond acceptors (Lipinski definition) is 4. The van der Waals surface area contributed by atoms with Crippen LogP contribution in [0.3, 0.4) is 0 Å². The molecule has 0 saturated heterocycles. The molecular formula is C59H102O4. The zero-order valence-corrected chi connectivity index (χ0v) is 41.7. The van der Waals surface area contributed by atoms with Gasteiger partial charge >= 0.3 is 5.97 Å². The Kier molecular flexibility index (Phi) is 51.4. The summed E-state index contributed by atoms with van der Waals surface area (Å²) < 4.78 is 12.2. The molecule has 0 heterocycles. The van der Waals surface area contributed by atoms with Gasteiger partial charge in [-0.15, -0.1) is 0 Å². The lowest BCUT2D eigenvalue weighted by Crippen LogP contribution is -2.37. The van der Waals surface area contributed by atoms with Crippen LogP contribution in [0.15, 0.2) is 97.2 Å². The highest BCUT2D eigenvalue weighted by Gasteiger charge is 2.25. The zero-order valence-electron chi connectivity index (χ0n) is 41.7. The van der Waals surface area contributed by atoms with Crippen molar-refractivity contribution in [2.45, 2.75) is 258 Å². The van der Waals surface area contributed by atoms with Gasteiger partial charge in [0.25, 0.3) is 0 Å². The third-order valence-electron chi connectivity index (χ3n) is 11.5. The van der Waals surface area contributed by atoms with E-state index in [1.165, 1.54) is 128 Å². The quantitative estimate of drug-likeness (QED) is 0.0376. The van der Waals surface area contributed by atoms with Gasteiger partial charge in [-0.3, -0.25) is 4.79 Å². The van der Waals surface area contributed by atoms with E-state index < -0.39 is 6.10 Å². The smallest absolute Gasteiger partial charge is 0.306 e. The van der Waals surface area contributed by atoms with Crippen LogP contribution in [0, 0.1) is 0 Å². The van der Waals surface area contributed by atoms with Gasteiger partial charge in [0, 0.05) is 13.0 Å². The summed E-state index contributed by atoms with van der Waals surface area (Å²) in [4.78, 5) is 12.9. The average molecular weight is 875 g/mol. The lowest BCUT2D eigenvalue weighted by Gasteiger charge is -2.26. The fraction of sp³-hybridized carbons (Fsp3) is 0.712. The Hall–Kier alpha value is -2.69. The maximum absolute atomic E-state index is 12.9. The molecule has 0 aromatic carbocycles. The number of unbranched alkanes of at least 4 members (excludes halogenated alkanes) is 22. The molecule has 0 aliphatic heterocycles. The minimum Gasteiger partial charge on any atom is -0.457 e. The number of carbonyl (C=O) groups excluding carboxylic acids is 1. The molecule has 0 saturated carbocycles. The third-order valence-corrected chi connectivity index (χ3v) is 11.5. The van der Waals surface area contributed by atoms with E-state index in [-0.39, 0.29) is 18.7 Å². The summed E-state index contributed by atoms with van der Waals surface area (Å²) >= 11 is 0. The van der Waals surface area contributed by atoms with Crippen LogP contribution in [-0.2, 0) is 14.3 Å². The summed E-state index contributed by atoms with van der Waals surface area (Å²) in [6, 6.07) is 0. The van der Waals surface area contributed by atoms with E-state index in [9.17, 15) is 9.90 Å². The van der Waals surface area contributed by atoms with Gasteiger partial charge in [-0.2, -0.15) is 0 Å².